The molecule has 7 nitrogen and oxygen atoms in total. The van der Waals surface area contributed by atoms with Gasteiger partial charge in [-0.05, 0) is 80.0 Å². The van der Waals surface area contributed by atoms with E-state index in [0.29, 0.717) is 40.6 Å². The minimum Gasteiger partial charge on any atom is -0.481 e. The fourth-order valence-corrected chi connectivity index (χ4v) is 5.78. The Labute approximate surface area is 229 Å². The Morgan fingerprint density at radius 3 is 2.68 bits per heavy atom. The predicted molar refractivity (Wildman–Crippen MR) is 149 cm³/mol. The first-order chi connectivity index (χ1) is 17.4. The number of benzene rings is 1. The van der Waals surface area contributed by atoms with Crippen molar-refractivity contribution in [1.29, 1.82) is 0 Å². The molecule has 2 aromatic rings. The number of thiophene rings is 1. The molecule has 3 rings (SSSR count). The number of aliphatic carboxylic acids is 1. The number of hydrogen-bond donors (Lipinski definition) is 2. The number of carboxylic acid groups (broad SMARTS) is 1. The molecule has 0 bridgehead atoms. The number of carbonyl (C=O) groups is 3. The van der Waals surface area contributed by atoms with E-state index in [1.165, 1.54) is 35.2 Å². The van der Waals surface area contributed by atoms with Crippen LogP contribution in [0.25, 0.3) is 17.2 Å². The SMILES string of the molecule is CC(C)(C)OC(=O)NCc1ccc(F)cc1-c1csc(/C=C2\SC(=S)N(CCCCCC(=O)O)C2=O)c1. The molecule has 1 aliphatic rings. The van der Waals surface area contributed by atoms with Crippen LogP contribution in [0.15, 0.2) is 34.6 Å². The van der Waals surface area contributed by atoms with Crippen LogP contribution in [0.2, 0.25) is 0 Å². The van der Waals surface area contributed by atoms with Crippen molar-refractivity contribution in [3.63, 3.8) is 0 Å². The lowest BCUT2D eigenvalue weighted by atomic mass is 10.0. The molecule has 0 spiro atoms. The zero-order chi connectivity index (χ0) is 27.2. The van der Waals surface area contributed by atoms with Gasteiger partial charge in [-0.2, -0.15) is 0 Å². The van der Waals surface area contributed by atoms with Gasteiger partial charge in [-0.1, -0.05) is 36.5 Å². The van der Waals surface area contributed by atoms with E-state index in [2.05, 4.69) is 5.32 Å². The summed E-state index contributed by atoms with van der Waals surface area (Å²) in [6.45, 7) is 5.95. The highest BCUT2D eigenvalue weighted by Crippen LogP contribution is 2.36. The van der Waals surface area contributed by atoms with Crippen LogP contribution < -0.4 is 5.32 Å². The molecule has 2 N–H and O–H groups in total. The van der Waals surface area contributed by atoms with Crippen LogP contribution >= 0.6 is 35.3 Å². The maximum absolute atomic E-state index is 14.1. The molecule has 198 valence electrons. The summed E-state index contributed by atoms with van der Waals surface area (Å²) >= 11 is 8.02. The zero-order valence-electron chi connectivity index (χ0n) is 20.8. The van der Waals surface area contributed by atoms with Crippen LogP contribution in [0.1, 0.15) is 56.9 Å². The second-order valence-electron chi connectivity index (χ2n) is 9.43. The van der Waals surface area contributed by atoms with Gasteiger partial charge in [0.25, 0.3) is 5.91 Å². The molecule has 1 saturated heterocycles. The van der Waals surface area contributed by atoms with Gasteiger partial charge in [0.05, 0.1) is 4.91 Å². The van der Waals surface area contributed by atoms with Crippen molar-refractivity contribution in [2.24, 2.45) is 0 Å². The predicted octanol–water partition coefficient (Wildman–Crippen LogP) is 6.43. The normalized spacial score (nSPS) is 14.9. The minimum absolute atomic E-state index is 0.114. The maximum atomic E-state index is 14.1. The van der Waals surface area contributed by atoms with E-state index in [0.717, 1.165) is 16.0 Å². The summed E-state index contributed by atoms with van der Waals surface area (Å²) in [5.41, 5.74) is 1.51. The van der Waals surface area contributed by atoms with Crippen molar-refractivity contribution in [2.75, 3.05) is 6.54 Å². The van der Waals surface area contributed by atoms with E-state index in [-0.39, 0.29) is 18.9 Å². The number of unbranched alkanes of at least 4 members (excludes halogenated alkanes) is 2. The molecule has 1 aromatic carbocycles. The molecule has 0 radical (unpaired) electrons. The van der Waals surface area contributed by atoms with Crippen LogP contribution in [0.3, 0.4) is 0 Å². The first-order valence-corrected chi connectivity index (χ1v) is 13.8. The number of amides is 2. The molecule has 0 aliphatic carbocycles. The Hall–Kier alpha value is -2.76. The lowest BCUT2D eigenvalue weighted by Crippen LogP contribution is -2.32. The number of thioether (sulfide) groups is 1. The summed E-state index contributed by atoms with van der Waals surface area (Å²) in [5.74, 6) is -1.39. The lowest BCUT2D eigenvalue weighted by molar-refractivity contribution is -0.137. The summed E-state index contributed by atoms with van der Waals surface area (Å²) in [6, 6.07) is 6.26. The van der Waals surface area contributed by atoms with E-state index >= 15 is 0 Å². The number of thiocarbonyl (C=S) groups is 1. The fourth-order valence-electron chi connectivity index (χ4n) is 3.57. The van der Waals surface area contributed by atoms with E-state index in [1.54, 1.807) is 37.8 Å². The van der Waals surface area contributed by atoms with Crippen LogP contribution in [0.4, 0.5) is 9.18 Å². The van der Waals surface area contributed by atoms with Gasteiger partial charge in [0, 0.05) is 24.4 Å². The molecule has 0 saturated carbocycles. The molecular weight excluding hydrogens is 535 g/mol. The Balaban J connectivity index is 1.68. The van der Waals surface area contributed by atoms with Crippen molar-refractivity contribution in [2.45, 2.75) is 58.6 Å². The molecule has 1 aliphatic heterocycles. The quantitative estimate of drug-likeness (QED) is 0.195. The molecule has 0 atom stereocenters. The van der Waals surface area contributed by atoms with Gasteiger partial charge in [-0.3, -0.25) is 14.5 Å². The monoisotopic (exact) mass is 564 g/mol. The summed E-state index contributed by atoms with van der Waals surface area (Å²) < 4.78 is 19.9. The Morgan fingerprint density at radius 1 is 1.22 bits per heavy atom. The minimum atomic E-state index is -0.825. The number of nitrogens with zero attached hydrogens (tertiary/aromatic N) is 1. The molecule has 2 amide bonds. The van der Waals surface area contributed by atoms with Crippen molar-refractivity contribution in [3.8, 4) is 11.1 Å². The topological polar surface area (TPSA) is 95.9 Å². The molecule has 11 heteroatoms. The van der Waals surface area contributed by atoms with Crippen LogP contribution in [0, 0.1) is 5.82 Å². The third-order valence-corrected chi connectivity index (χ3v) is 7.50. The van der Waals surface area contributed by atoms with Gasteiger partial charge in [0.2, 0.25) is 0 Å². The molecule has 1 aromatic heterocycles. The second-order valence-corrected chi connectivity index (χ2v) is 12.1. The van der Waals surface area contributed by atoms with Crippen LogP contribution in [-0.2, 0) is 20.9 Å². The summed E-state index contributed by atoms with van der Waals surface area (Å²) in [5, 5.41) is 13.3. The van der Waals surface area contributed by atoms with Crippen LogP contribution in [-0.4, -0.2) is 44.4 Å². The highest BCUT2D eigenvalue weighted by molar-refractivity contribution is 8.26. The number of rotatable bonds is 10. The van der Waals surface area contributed by atoms with E-state index in [1.807, 2.05) is 11.4 Å². The Bertz CT molecular complexity index is 1220. The highest BCUT2D eigenvalue weighted by Gasteiger charge is 2.31. The number of halogens is 1. The van der Waals surface area contributed by atoms with Gasteiger partial charge < -0.3 is 15.2 Å². The summed E-state index contributed by atoms with van der Waals surface area (Å²) in [7, 11) is 0. The van der Waals surface area contributed by atoms with Gasteiger partial charge in [0.15, 0.2) is 0 Å². The zero-order valence-corrected chi connectivity index (χ0v) is 23.3. The number of alkyl carbamates (subject to hydrolysis) is 1. The van der Waals surface area contributed by atoms with Gasteiger partial charge in [0.1, 0.15) is 15.7 Å². The molecule has 1 fully saturated rings. The second kappa shape index (κ2) is 12.7. The number of carbonyl (C=O) groups excluding carboxylic acids is 2. The van der Waals surface area contributed by atoms with Crippen molar-refractivity contribution in [1.82, 2.24) is 10.2 Å². The van der Waals surface area contributed by atoms with Crippen molar-refractivity contribution in [3.05, 3.63) is 50.8 Å². The third kappa shape index (κ3) is 8.65. The number of hydrogen-bond acceptors (Lipinski definition) is 7. The third-order valence-electron chi connectivity index (χ3n) is 5.24. The number of carboxylic acids is 1. The van der Waals surface area contributed by atoms with E-state index < -0.39 is 23.5 Å². The van der Waals surface area contributed by atoms with Crippen molar-refractivity contribution >= 4 is 63.7 Å². The largest absolute Gasteiger partial charge is 0.481 e. The average Bonchev–Trinajstić information content (AvgIpc) is 3.36. The number of ether oxygens (including phenoxy) is 1. The average molecular weight is 565 g/mol. The number of nitrogens with one attached hydrogen (secondary N) is 1. The summed E-state index contributed by atoms with van der Waals surface area (Å²) in [4.78, 5) is 38.4. The van der Waals surface area contributed by atoms with E-state index in [4.69, 9.17) is 22.1 Å². The summed E-state index contributed by atoms with van der Waals surface area (Å²) in [6.07, 6.45) is 3.27. The smallest absolute Gasteiger partial charge is 0.407 e. The molecule has 37 heavy (non-hydrogen) atoms. The highest BCUT2D eigenvalue weighted by atomic mass is 32.2. The molecule has 0 unspecified atom stereocenters. The van der Waals surface area contributed by atoms with Gasteiger partial charge in [-0.25, -0.2) is 9.18 Å². The van der Waals surface area contributed by atoms with Crippen LogP contribution in [0.5, 0.6) is 0 Å². The lowest BCUT2D eigenvalue weighted by Gasteiger charge is -2.20. The fraction of sp³-hybridized carbons (Fsp3) is 0.385. The Kier molecular flexibility index (Phi) is 9.86. The van der Waals surface area contributed by atoms with Gasteiger partial charge >= 0.3 is 12.1 Å². The Morgan fingerprint density at radius 2 is 1.97 bits per heavy atom. The van der Waals surface area contributed by atoms with Gasteiger partial charge in [-0.15, -0.1) is 11.3 Å². The standard InChI is InChI=1S/C26H29FN2O5S3/c1-26(2,3)34-24(33)28-14-16-8-9-18(27)12-20(16)17-11-19(36-15-17)13-21-23(32)29(25(35)37-21)10-6-4-5-7-22(30)31/h8-9,11-13,15H,4-7,10,14H2,1-3H3,(H,28,33)(H,30,31)/b21-13-. The van der Waals surface area contributed by atoms with Crippen molar-refractivity contribution < 1.29 is 28.6 Å². The molecular formula is C26H29FN2O5S3. The first kappa shape index (κ1) is 28.8. The first-order valence-electron chi connectivity index (χ1n) is 11.7. The van der Waals surface area contributed by atoms with E-state index in [9.17, 15) is 18.8 Å². The molecule has 2 heterocycles. The maximum Gasteiger partial charge on any atom is 0.407 e.